The van der Waals surface area contributed by atoms with Gasteiger partial charge in [0, 0.05) is 38.0 Å². The number of aliphatic hydroxyl groups is 1. The van der Waals surface area contributed by atoms with Gasteiger partial charge in [-0.25, -0.2) is 0 Å². The van der Waals surface area contributed by atoms with Crippen LogP contribution in [0.4, 0.5) is 0 Å². The largest absolute Gasteiger partial charge is 0.392 e. The lowest BCUT2D eigenvalue weighted by atomic mass is 9.58. The van der Waals surface area contributed by atoms with Crippen molar-refractivity contribution in [3.8, 4) is 0 Å². The fourth-order valence-corrected chi connectivity index (χ4v) is 4.21. The number of ether oxygens (including phenoxy) is 1. The van der Waals surface area contributed by atoms with Crippen LogP contribution in [0.2, 0.25) is 0 Å². The quantitative estimate of drug-likeness (QED) is 0.808. The van der Waals surface area contributed by atoms with Crippen molar-refractivity contribution in [2.24, 2.45) is 11.3 Å². The zero-order valence-electron chi connectivity index (χ0n) is 13.0. The molecule has 1 saturated heterocycles. The van der Waals surface area contributed by atoms with E-state index in [0.29, 0.717) is 18.9 Å². The highest BCUT2D eigenvalue weighted by Gasteiger charge is 2.56. The average molecular weight is 293 g/mol. The Morgan fingerprint density at radius 2 is 2.19 bits per heavy atom. The number of hydrogen-bond acceptors (Lipinski definition) is 3. The van der Waals surface area contributed by atoms with Gasteiger partial charge in [-0.15, -0.1) is 0 Å². The molecule has 2 fully saturated rings. The molecule has 4 nitrogen and oxygen atoms in total. The molecule has 4 heteroatoms. The van der Waals surface area contributed by atoms with Crippen LogP contribution in [-0.2, 0) is 9.53 Å². The molecule has 3 rings (SSSR count). The molecule has 0 aromatic rings. The molecular formula is C17H27NO3. The minimum absolute atomic E-state index is 0.0833. The van der Waals surface area contributed by atoms with Crippen LogP contribution in [0.5, 0.6) is 0 Å². The van der Waals surface area contributed by atoms with Gasteiger partial charge in [0.05, 0.1) is 12.2 Å². The van der Waals surface area contributed by atoms with E-state index in [9.17, 15) is 9.90 Å². The van der Waals surface area contributed by atoms with Crippen molar-refractivity contribution >= 4 is 5.91 Å². The molecule has 1 heterocycles. The van der Waals surface area contributed by atoms with Gasteiger partial charge < -0.3 is 14.7 Å². The number of carbonyl (C=O) groups excluding carboxylic acids is 1. The van der Waals surface area contributed by atoms with Crippen molar-refractivity contribution in [2.45, 2.75) is 57.7 Å². The van der Waals surface area contributed by atoms with Gasteiger partial charge in [-0.2, -0.15) is 0 Å². The maximum atomic E-state index is 12.4. The number of hydrogen-bond donors (Lipinski definition) is 1. The van der Waals surface area contributed by atoms with Crippen LogP contribution >= 0.6 is 0 Å². The van der Waals surface area contributed by atoms with Gasteiger partial charge in [0.15, 0.2) is 0 Å². The summed E-state index contributed by atoms with van der Waals surface area (Å²) >= 11 is 0. The van der Waals surface area contributed by atoms with Gasteiger partial charge in [-0.05, 0) is 38.5 Å². The summed E-state index contributed by atoms with van der Waals surface area (Å²) in [7, 11) is 0. The second-order valence-corrected chi connectivity index (χ2v) is 6.78. The van der Waals surface area contributed by atoms with E-state index in [2.05, 4.69) is 12.2 Å². The van der Waals surface area contributed by atoms with Crippen LogP contribution in [-0.4, -0.2) is 47.8 Å². The molecule has 1 aliphatic heterocycles. The lowest BCUT2D eigenvalue weighted by molar-refractivity contribution is -0.210. The van der Waals surface area contributed by atoms with Crippen LogP contribution in [0.1, 0.15) is 45.4 Å². The lowest BCUT2D eigenvalue weighted by Crippen LogP contribution is -2.62. The van der Waals surface area contributed by atoms with E-state index in [1.165, 1.54) is 0 Å². The monoisotopic (exact) mass is 293 g/mol. The Labute approximate surface area is 127 Å². The molecular weight excluding hydrogens is 266 g/mol. The van der Waals surface area contributed by atoms with Crippen molar-refractivity contribution in [1.29, 1.82) is 0 Å². The number of piperidine rings is 1. The number of nitrogens with zero attached hydrogens (tertiary/aromatic N) is 1. The first-order chi connectivity index (χ1) is 10.2. The first-order valence-corrected chi connectivity index (χ1v) is 8.40. The third-order valence-electron chi connectivity index (χ3n) is 5.71. The van der Waals surface area contributed by atoms with Crippen molar-refractivity contribution in [3.05, 3.63) is 12.2 Å². The normalized spacial score (nSPS) is 34.2. The Morgan fingerprint density at radius 3 is 2.76 bits per heavy atom. The van der Waals surface area contributed by atoms with E-state index >= 15 is 0 Å². The number of likely N-dealkylation sites (tertiary alicyclic amines) is 1. The molecule has 0 bridgehead atoms. The summed E-state index contributed by atoms with van der Waals surface area (Å²) < 4.78 is 5.77. The minimum atomic E-state index is -0.246. The highest BCUT2D eigenvalue weighted by atomic mass is 16.5. The molecule has 1 amide bonds. The van der Waals surface area contributed by atoms with Crippen molar-refractivity contribution in [3.63, 3.8) is 0 Å². The number of aliphatic hydroxyl groups excluding tert-OH is 1. The van der Waals surface area contributed by atoms with Gasteiger partial charge in [0.2, 0.25) is 5.91 Å². The third-order valence-corrected chi connectivity index (χ3v) is 5.71. The van der Waals surface area contributed by atoms with Crippen molar-refractivity contribution in [2.75, 3.05) is 19.7 Å². The first kappa shape index (κ1) is 15.0. The van der Waals surface area contributed by atoms with Gasteiger partial charge in [-0.3, -0.25) is 4.79 Å². The Morgan fingerprint density at radius 1 is 1.43 bits per heavy atom. The van der Waals surface area contributed by atoms with Crippen molar-refractivity contribution in [1.82, 2.24) is 4.90 Å². The molecule has 21 heavy (non-hydrogen) atoms. The number of rotatable bonds is 4. The Bertz CT molecular complexity index is 410. The van der Waals surface area contributed by atoms with Crippen LogP contribution in [0.25, 0.3) is 0 Å². The summed E-state index contributed by atoms with van der Waals surface area (Å²) in [5.74, 6) is 0.724. The molecule has 0 aromatic carbocycles. The molecule has 0 radical (unpaired) electrons. The molecule has 3 aliphatic rings. The highest BCUT2D eigenvalue weighted by Crippen LogP contribution is 2.51. The standard InChI is InChI=1S/C17H27NO3/c1-2-21-15-12-14(19)17(15)7-9-18(10-8-17)16(20)11-13-5-3-4-6-13/h3,5,13-15,19H,2,4,6-12H2,1H3/t13-,14+,15+/m0/s1. The second kappa shape index (κ2) is 6.09. The number of carbonyl (C=O) groups is 1. The smallest absolute Gasteiger partial charge is 0.223 e. The molecule has 0 aromatic heterocycles. The summed E-state index contributed by atoms with van der Waals surface area (Å²) in [6.07, 6.45) is 9.71. The summed E-state index contributed by atoms with van der Waals surface area (Å²) in [6, 6.07) is 0. The third kappa shape index (κ3) is 2.76. The Kier molecular flexibility index (Phi) is 4.36. The molecule has 1 spiro atoms. The van der Waals surface area contributed by atoms with E-state index in [4.69, 9.17) is 4.74 Å². The maximum Gasteiger partial charge on any atom is 0.223 e. The fourth-order valence-electron chi connectivity index (χ4n) is 4.21. The Hall–Kier alpha value is -0.870. The SMILES string of the molecule is CCO[C@@H]1C[C@@H](O)C12CCN(C(=O)C[C@H]1C=CCC1)CC2. The zero-order chi connectivity index (χ0) is 14.9. The van der Waals surface area contributed by atoms with E-state index < -0.39 is 0 Å². The topological polar surface area (TPSA) is 49.8 Å². The molecule has 0 unspecified atom stereocenters. The first-order valence-electron chi connectivity index (χ1n) is 8.40. The van der Waals surface area contributed by atoms with Crippen LogP contribution < -0.4 is 0 Å². The van der Waals surface area contributed by atoms with Crippen molar-refractivity contribution < 1.29 is 14.6 Å². The van der Waals surface area contributed by atoms with Gasteiger partial charge in [-0.1, -0.05) is 12.2 Å². The summed E-state index contributed by atoms with van der Waals surface area (Å²) in [4.78, 5) is 14.4. The fraction of sp³-hybridized carbons (Fsp3) is 0.824. The Balaban J connectivity index is 1.52. The zero-order valence-corrected chi connectivity index (χ0v) is 13.0. The number of allylic oxidation sites excluding steroid dienone is 2. The molecule has 118 valence electrons. The number of amides is 1. The molecule has 1 saturated carbocycles. The van der Waals surface area contributed by atoms with E-state index in [1.54, 1.807) is 0 Å². The molecule has 3 atom stereocenters. The van der Waals surface area contributed by atoms with Gasteiger partial charge in [0.1, 0.15) is 0 Å². The van der Waals surface area contributed by atoms with Gasteiger partial charge in [0.25, 0.3) is 0 Å². The van der Waals surface area contributed by atoms with E-state index in [1.807, 2.05) is 11.8 Å². The van der Waals surface area contributed by atoms with Crippen LogP contribution in [0.15, 0.2) is 12.2 Å². The predicted octanol–water partition coefficient (Wildman–Crippen LogP) is 2.12. The van der Waals surface area contributed by atoms with E-state index in [0.717, 1.165) is 45.2 Å². The highest BCUT2D eigenvalue weighted by molar-refractivity contribution is 5.76. The average Bonchev–Trinajstić information content (AvgIpc) is 3.00. The maximum absolute atomic E-state index is 12.4. The lowest BCUT2D eigenvalue weighted by Gasteiger charge is -2.56. The second-order valence-electron chi connectivity index (χ2n) is 6.78. The van der Waals surface area contributed by atoms with Crippen LogP contribution in [0.3, 0.4) is 0 Å². The predicted molar refractivity (Wildman–Crippen MR) is 80.8 cm³/mol. The van der Waals surface area contributed by atoms with Gasteiger partial charge >= 0.3 is 0 Å². The summed E-state index contributed by atoms with van der Waals surface area (Å²) in [6.45, 7) is 4.26. The molecule has 1 N–H and O–H groups in total. The summed E-state index contributed by atoms with van der Waals surface area (Å²) in [5.41, 5.74) is -0.0833. The van der Waals surface area contributed by atoms with E-state index in [-0.39, 0.29) is 23.5 Å². The van der Waals surface area contributed by atoms with Crippen LogP contribution in [0, 0.1) is 11.3 Å². The minimum Gasteiger partial charge on any atom is -0.392 e. The summed E-state index contributed by atoms with van der Waals surface area (Å²) in [5, 5.41) is 10.2. The molecule has 2 aliphatic carbocycles.